The fourth-order valence-corrected chi connectivity index (χ4v) is 4.41. The molecule has 5 nitrogen and oxygen atoms in total. The number of carbonyl (C=O) groups is 1. The van der Waals surface area contributed by atoms with E-state index in [-0.39, 0.29) is 17.8 Å². The van der Waals surface area contributed by atoms with Gasteiger partial charge in [0.15, 0.2) is 0 Å². The number of hydrogen-bond donors (Lipinski definition) is 1. The van der Waals surface area contributed by atoms with Gasteiger partial charge >= 0.3 is 0 Å². The molecule has 1 heterocycles. The maximum Gasteiger partial charge on any atom is 0.221 e. The van der Waals surface area contributed by atoms with Gasteiger partial charge in [-0.15, -0.1) is 0 Å². The van der Waals surface area contributed by atoms with Crippen molar-refractivity contribution in [3.05, 3.63) is 41.5 Å². The van der Waals surface area contributed by atoms with E-state index in [0.717, 1.165) is 29.4 Å². The number of aromatic nitrogens is 2. The second-order valence-corrected chi connectivity index (χ2v) is 8.47. The summed E-state index contributed by atoms with van der Waals surface area (Å²) in [5.74, 6) is 0.602. The van der Waals surface area contributed by atoms with Crippen molar-refractivity contribution in [2.45, 2.75) is 70.9 Å². The Kier molecular flexibility index (Phi) is 7.36. The Bertz CT molecular complexity index is 756. The van der Waals surface area contributed by atoms with E-state index >= 15 is 0 Å². The van der Waals surface area contributed by atoms with Crippen LogP contribution >= 0.6 is 11.5 Å². The highest BCUT2D eigenvalue weighted by atomic mass is 32.1. The number of hydrogen-bond acceptors (Lipinski definition) is 5. The van der Waals surface area contributed by atoms with E-state index in [4.69, 9.17) is 0 Å². The van der Waals surface area contributed by atoms with Crippen LogP contribution in [0.25, 0.3) is 0 Å². The van der Waals surface area contributed by atoms with E-state index in [1.807, 2.05) is 0 Å². The third kappa shape index (κ3) is 5.99. The number of anilines is 1. The topological polar surface area (TPSA) is 58.1 Å². The van der Waals surface area contributed by atoms with Crippen molar-refractivity contribution in [3.8, 4) is 0 Å². The summed E-state index contributed by atoms with van der Waals surface area (Å²) in [5, 5.41) is 4.01. The van der Waals surface area contributed by atoms with Gasteiger partial charge in [0, 0.05) is 43.0 Å². The van der Waals surface area contributed by atoms with Crippen LogP contribution in [-0.4, -0.2) is 33.9 Å². The molecular formula is C21H29FN4OS. The van der Waals surface area contributed by atoms with Gasteiger partial charge in [0.1, 0.15) is 11.6 Å². The minimum atomic E-state index is -0.242. The van der Waals surface area contributed by atoms with Crippen LogP contribution in [0.3, 0.4) is 0 Å². The van der Waals surface area contributed by atoms with Crippen LogP contribution < -0.4 is 10.2 Å². The van der Waals surface area contributed by atoms with Crippen LogP contribution in [0.2, 0.25) is 0 Å². The first-order chi connectivity index (χ1) is 13.5. The highest BCUT2D eigenvalue weighted by molar-refractivity contribution is 7.09. The lowest BCUT2D eigenvalue weighted by molar-refractivity contribution is -0.121. The summed E-state index contributed by atoms with van der Waals surface area (Å²) in [6, 6.07) is 6.99. The minimum absolute atomic E-state index is 0.119. The lowest BCUT2D eigenvalue weighted by Gasteiger charge is -2.27. The first-order valence-corrected chi connectivity index (χ1v) is 10.9. The first kappa shape index (κ1) is 20.7. The number of benzene rings is 1. The van der Waals surface area contributed by atoms with Crippen LogP contribution in [0, 0.1) is 5.82 Å². The standard InChI is InChI=1S/C21H29FN4OS/c1-15(2)26(13-12-20(27)23-18-6-4-3-5-7-18)21-24-19(25-28-21)14-16-8-10-17(22)11-9-16/h8-11,15,18H,3-7,12-14H2,1-2H3,(H,23,27). The maximum absolute atomic E-state index is 13.1. The van der Waals surface area contributed by atoms with E-state index in [1.165, 1.54) is 42.9 Å². The Balaban J connectivity index is 1.55. The van der Waals surface area contributed by atoms with Crippen molar-refractivity contribution >= 4 is 22.6 Å². The molecule has 1 fully saturated rings. The number of rotatable bonds is 8. The lowest BCUT2D eigenvalue weighted by atomic mass is 9.95. The maximum atomic E-state index is 13.1. The highest BCUT2D eigenvalue weighted by Crippen LogP contribution is 2.22. The zero-order valence-corrected chi connectivity index (χ0v) is 17.5. The molecular weight excluding hydrogens is 375 g/mol. The monoisotopic (exact) mass is 404 g/mol. The van der Waals surface area contributed by atoms with Gasteiger partial charge in [0.25, 0.3) is 0 Å². The molecule has 0 bridgehead atoms. The molecule has 7 heteroatoms. The second-order valence-electron chi connectivity index (χ2n) is 7.74. The molecule has 3 rings (SSSR count). The molecule has 1 amide bonds. The van der Waals surface area contributed by atoms with E-state index in [2.05, 4.69) is 33.4 Å². The smallest absolute Gasteiger partial charge is 0.221 e. The number of nitrogens with zero attached hydrogens (tertiary/aromatic N) is 3. The van der Waals surface area contributed by atoms with Gasteiger partial charge in [0.05, 0.1) is 0 Å². The number of amides is 1. The number of carbonyl (C=O) groups excluding carboxylic acids is 1. The summed E-state index contributed by atoms with van der Waals surface area (Å²) in [7, 11) is 0. The van der Waals surface area contributed by atoms with Gasteiger partial charge < -0.3 is 10.2 Å². The molecule has 1 aliphatic rings. The van der Waals surface area contributed by atoms with Crippen LogP contribution in [0.1, 0.15) is 63.8 Å². The summed E-state index contributed by atoms with van der Waals surface area (Å²) in [5.41, 5.74) is 0.980. The molecule has 1 aliphatic carbocycles. The van der Waals surface area contributed by atoms with Crippen molar-refractivity contribution in [2.75, 3.05) is 11.4 Å². The zero-order valence-electron chi connectivity index (χ0n) is 16.7. The quantitative estimate of drug-likeness (QED) is 0.712. The molecule has 2 aromatic rings. The third-order valence-corrected chi connectivity index (χ3v) is 5.94. The molecule has 1 aromatic heterocycles. The van der Waals surface area contributed by atoms with Crippen LogP contribution in [0.15, 0.2) is 24.3 Å². The zero-order chi connectivity index (χ0) is 19.9. The predicted molar refractivity (Wildman–Crippen MR) is 111 cm³/mol. The van der Waals surface area contributed by atoms with E-state index in [0.29, 0.717) is 25.4 Å². The van der Waals surface area contributed by atoms with Gasteiger partial charge in [0.2, 0.25) is 11.0 Å². The van der Waals surface area contributed by atoms with Gasteiger partial charge in [-0.1, -0.05) is 31.4 Å². The molecule has 0 radical (unpaired) electrons. The fourth-order valence-electron chi connectivity index (χ4n) is 3.56. The van der Waals surface area contributed by atoms with Gasteiger partial charge in [-0.2, -0.15) is 4.37 Å². The molecule has 152 valence electrons. The van der Waals surface area contributed by atoms with Crippen LogP contribution in [0.4, 0.5) is 9.52 Å². The van der Waals surface area contributed by atoms with E-state index in [1.54, 1.807) is 12.1 Å². The molecule has 28 heavy (non-hydrogen) atoms. The summed E-state index contributed by atoms with van der Waals surface area (Å²) in [6.07, 6.45) is 6.94. The Morgan fingerprint density at radius 3 is 2.64 bits per heavy atom. The Hall–Kier alpha value is -2.02. The van der Waals surface area contributed by atoms with Crippen molar-refractivity contribution in [2.24, 2.45) is 0 Å². The summed E-state index contributed by atoms with van der Waals surface area (Å²) in [4.78, 5) is 19.1. The summed E-state index contributed by atoms with van der Waals surface area (Å²) in [6.45, 7) is 4.82. The largest absolute Gasteiger partial charge is 0.353 e. The lowest BCUT2D eigenvalue weighted by Crippen LogP contribution is -2.39. The predicted octanol–water partition coefficient (Wildman–Crippen LogP) is 4.32. The minimum Gasteiger partial charge on any atom is -0.353 e. The Morgan fingerprint density at radius 1 is 1.25 bits per heavy atom. The molecule has 0 unspecified atom stereocenters. The molecule has 0 aliphatic heterocycles. The highest BCUT2D eigenvalue weighted by Gasteiger charge is 2.19. The summed E-state index contributed by atoms with van der Waals surface area (Å²) < 4.78 is 17.5. The van der Waals surface area contributed by atoms with Crippen molar-refractivity contribution in [1.29, 1.82) is 0 Å². The average Bonchev–Trinajstić information content (AvgIpc) is 3.12. The molecule has 0 saturated heterocycles. The SMILES string of the molecule is CC(C)N(CCC(=O)NC1CCCCC1)c1nc(Cc2ccc(F)cc2)ns1. The second kappa shape index (κ2) is 9.96. The van der Waals surface area contributed by atoms with Gasteiger partial charge in [-0.25, -0.2) is 9.37 Å². The van der Waals surface area contributed by atoms with Crippen LogP contribution in [0.5, 0.6) is 0 Å². The molecule has 0 spiro atoms. The normalized spacial score (nSPS) is 15.0. The van der Waals surface area contributed by atoms with E-state index < -0.39 is 0 Å². The number of nitrogens with one attached hydrogen (secondary N) is 1. The molecule has 0 atom stereocenters. The van der Waals surface area contributed by atoms with Crippen LogP contribution in [-0.2, 0) is 11.2 Å². The summed E-state index contributed by atoms with van der Waals surface area (Å²) >= 11 is 1.35. The fraction of sp³-hybridized carbons (Fsp3) is 0.571. The van der Waals surface area contributed by atoms with E-state index in [9.17, 15) is 9.18 Å². The molecule has 1 N–H and O–H groups in total. The van der Waals surface area contributed by atoms with Gasteiger partial charge in [-0.05, 0) is 44.4 Å². The third-order valence-electron chi connectivity index (χ3n) is 5.15. The first-order valence-electron chi connectivity index (χ1n) is 10.1. The average molecular weight is 405 g/mol. The molecule has 1 saturated carbocycles. The van der Waals surface area contributed by atoms with Crippen molar-refractivity contribution in [3.63, 3.8) is 0 Å². The number of halogens is 1. The Labute approximate surface area is 170 Å². The molecule has 1 aromatic carbocycles. The van der Waals surface area contributed by atoms with Crippen molar-refractivity contribution < 1.29 is 9.18 Å². The van der Waals surface area contributed by atoms with Gasteiger partial charge in [-0.3, -0.25) is 4.79 Å². The van der Waals surface area contributed by atoms with Crippen molar-refractivity contribution in [1.82, 2.24) is 14.7 Å². The Morgan fingerprint density at radius 2 is 1.96 bits per heavy atom.